The van der Waals surface area contributed by atoms with E-state index in [1.54, 1.807) is 19.9 Å². The zero-order valence-electron chi connectivity index (χ0n) is 7.89. The van der Waals surface area contributed by atoms with E-state index in [0.717, 1.165) is 0 Å². The van der Waals surface area contributed by atoms with Crippen molar-refractivity contribution in [2.45, 2.75) is 19.4 Å². The summed E-state index contributed by atoms with van der Waals surface area (Å²) in [6, 6.07) is 1.64. The van der Waals surface area contributed by atoms with E-state index >= 15 is 0 Å². The van der Waals surface area contributed by atoms with Crippen molar-refractivity contribution in [3.8, 4) is 11.6 Å². The molecule has 0 unspecified atom stereocenters. The summed E-state index contributed by atoms with van der Waals surface area (Å²) in [5, 5.41) is 7.42. The Hall–Kier alpha value is -1.69. The highest BCUT2D eigenvalue weighted by atomic mass is 16.5. The maximum atomic E-state index is 5.79. The van der Waals surface area contributed by atoms with E-state index in [4.69, 9.17) is 10.3 Å². The van der Waals surface area contributed by atoms with Crippen LogP contribution in [0.25, 0.3) is 11.6 Å². The van der Waals surface area contributed by atoms with Gasteiger partial charge in [0.1, 0.15) is 6.26 Å². The molecule has 2 aromatic rings. The Morgan fingerprint density at radius 2 is 2.14 bits per heavy atom. The van der Waals surface area contributed by atoms with Gasteiger partial charge in [-0.2, -0.15) is 4.98 Å². The third-order valence-electron chi connectivity index (χ3n) is 1.66. The normalized spacial score (nSPS) is 11.9. The van der Waals surface area contributed by atoms with Crippen LogP contribution in [0.15, 0.2) is 21.4 Å². The number of nitrogens with zero attached hydrogens (tertiary/aromatic N) is 3. The lowest BCUT2D eigenvalue weighted by Gasteiger charge is -2.11. The van der Waals surface area contributed by atoms with Gasteiger partial charge in [-0.1, -0.05) is 10.3 Å². The Labute approximate surface area is 80.1 Å². The van der Waals surface area contributed by atoms with E-state index in [1.165, 1.54) is 6.26 Å². The van der Waals surface area contributed by atoms with E-state index in [-0.39, 0.29) is 0 Å². The summed E-state index contributed by atoms with van der Waals surface area (Å²) in [6.07, 6.45) is 1.44. The predicted molar refractivity (Wildman–Crippen MR) is 47.0 cm³/mol. The molecule has 0 aliphatic carbocycles. The van der Waals surface area contributed by atoms with Gasteiger partial charge in [0.25, 0.3) is 5.89 Å². The molecule has 6 nitrogen and oxygen atoms in total. The average molecular weight is 194 g/mol. The first-order valence-corrected chi connectivity index (χ1v) is 4.11. The number of nitrogens with two attached hydrogens (primary N) is 1. The summed E-state index contributed by atoms with van der Waals surface area (Å²) >= 11 is 0. The Bertz CT molecular complexity index is 413. The van der Waals surface area contributed by atoms with E-state index in [1.807, 2.05) is 0 Å². The molecule has 14 heavy (non-hydrogen) atoms. The molecule has 2 aromatic heterocycles. The number of rotatable bonds is 2. The number of aromatic nitrogens is 3. The molecule has 0 bridgehead atoms. The highest BCUT2D eigenvalue weighted by molar-refractivity contribution is 5.44. The van der Waals surface area contributed by atoms with Crippen LogP contribution >= 0.6 is 0 Å². The van der Waals surface area contributed by atoms with Gasteiger partial charge in [0.2, 0.25) is 0 Å². The minimum Gasteiger partial charge on any atom is -0.364 e. The third-order valence-corrected chi connectivity index (χ3v) is 1.66. The van der Waals surface area contributed by atoms with Gasteiger partial charge in [-0.15, -0.1) is 0 Å². The highest BCUT2D eigenvalue weighted by Gasteiger charge is 2.22. The van der Waals surface area contributed by atoms with Crippen LogP contribution in [0.1, 0.15) is 19.7 Å². The van der Waals surface area contributed by atoms with E-state index < -0.39 is 5.54 Å². The van der Waals surface area contributed by atoms with Crippen LogP contribution in [0.4, 0.5) is 0 Å². The van der Waals surface area contributed by atoms with Gasteiger partial charge in [-0.05, 0) is 13.8 Å². The summed E-state index contributed by atoms with van der Waals surface area (Å²) in [5.74, 6) is 0.753. The van der Waals surface area contributed by atoms with Gasteiger partial charge in [0.15, 0.2) is 11.5 Å². The van der Waals surface area contributed by atoms with Crippen LogP contribution in [-0.2, 0) is 5.54 Å². The van der Waals surface area contributed by atoms with Gasteiger partial charge < -0.3 is 14.8 Å². The molecular weight excluding hydrogens is 184 g/mol. The Morgan fingerprint density at radius 1 is 1.36 bits per heavy atom. The molecule has 0 saturated carbocycles. The smallest absolute Gasteiger partial charge is 0.280 e. The SMILES string of the molecule is CC(C)(N)c1noc(-c2ccon2)n1. The molecule has 0 spiro atoms. The number of hydrogen-bond acceptors (Lipinski definition) is 6. The van der Waals surface area contributed by atoms with Crippen molar-refractivity contribution < 1.29 is 9.05 Å². The van der Waals surface area contributed by atoms with Gasteiger partial charge in [-0.25, -0.2) is 0 Å². The molecule has 2 heterocycles. The lowest BCUT2D eigenvalue weighted by molar-refractivity contribution is 0.388. The maximum absolute atomic E-state index is 5.79. The zero-order chi connectivity index (χ0) is 10.2. The quantitative estimate of drug-likeness (QED) is 0.764. The van der Waals surface area contributed by atoms with Crippen molar-refractivity contribution in [1.82, 2.24) is 15.3 Å². The van der Waals surface area contributed by atoms with Crippen LogP contribution in [0.2, 0.25) is 0 Å². The largest absolute Gasteiger partial charge is 0.364 e. The number of hydrogen-bond donors (Lipinski definition) is 1. The lowest BCUT2D eigenvalue weighted by Crippen LogP contribution is -2.30. The van der Waals surface area contributed by atoms with Crippen molar-refractivity contribution in [2.75, 3.05) is 0 Å². The Kier molecular flexibility index (Phi) is 1.85. The topological polar surface area (TPSA) is 91.0 Å². The van der Waals surface area contributed by atoms with Crippen molar-refractivity contribution in [2.24, 2.45) is 5.73 Å². The van der Waals surface area contributed by atoms with Crippen molar-refractivity contribution in [3.63, 3.8) is 0 Å². The van der Waals surface area contributed by atoms with Crippen molar-refractivity contribution >= 4 is 0 Å². The molecule has 0 atom stereocenters. The van der Waals surface area contributed by atoms with Gasteiger partial charge >= 0.3 is 0 Å². The molecule has 0 amide bonds. The van der Waals surface area contributed by atoms with Gasteiger partial charge in [0.05, 0.1) is 5.54 Å². The maximum Gasteiger partial charge on any atom is 0.280 e. The molecule has 0 radical (unpaired) electrons. The van der Waals surface area contributed by atoms with Crippen LogP contribution < -0.4 is 5.73 Å². The van der Waals surface area contributed by atoms with Crippen molar-refractivity contribution in [3.05, 3.63) is 18.2 Å². The first-order valence-electron chi connectivity index (χ1n) is 4.11. The Balaban J connectivity index is 2.36. The first kappa shape index (κ1) is 8.89. The monoisotopic (exact) mass is 194 g/mol. The van der Waals surface area contributed by atoms with Crippen LogP contribution in [-0.4, -0.2) is 15.3 Å². The standard InChI is InChI=1S/C8H10N4O2/c1-8(2,9)7-10-6(14-12-7)5-3-4-13-11-5/h3-4H,9H2,1-2H3. The minimum absolute atomic E-state index is 0.312. The first-order chi connectivity index (χ1) is 6.57. The molecule has 0 aromatic carbocycles. The molecule has 0 aliphatic rings. The fourth-order valence-corrected chi connectivity index (χ4v) is 0.912. The third kappa shape index (κ3) is 1.51. The van der Waals surface area contributed by atoms with Gasteiger partial charge in [0, 0.05) is 6.07 Å². The van der Waals surface area contributed by atoms with E-state index in [9.17, 15) is 0 Å². The average Bonchev–Trinajstić information content (AvgIpc) is 2.73. The molecular formula is C8H10N4O2. The van der Waals surface area contributed by atoms with E-state index in [0.29, 0.717) is 17.4 Å². The Morgan fingerprint density at radius 3 is 2.64 bits per heavy atom. The molecule has 2 rings (SSSR count). The fraction of sp³-hybridized carbons (Fsp3) is 0.375. The predicted octanol–water partition coefficient (Wildman–Crippen LogP) is 0.918. The van der Waals surface area contributed by atoms with Crippen LogP contribution in [0, 0.1) is 0 Å². The zero-order valence-corrected chi connectivity index (χ0v) is 7.89. The van der Waals surface area contributed by atoms with Crippen LogP contribution in [0.5, 0.6) is 0 Å². The summed E-state index contributed by atoms with van der Waals surface area (Å²) in [5.41, 5.74) is 5.68. The molecule has 74 valence electrons. The second-order valence-electron chi connectivity index (χ2n) is 3.53. The summed E-state index contributed by atoms with van der Waals surface area (Å²) in [7, 11) is 0. The molecule has 6 heteroatoms. The van der Waals surface area contributed by atoms with Gasteiger partial charge in [-0.3, -0.25) is 0 Å². The highest BCUT2D eigenvalue weighted by Crippen LogP contribution is 2.18. The molecule has 2 N–H and O–H groups in total. The molecule has 0 fully saturated rings. The molecule has 0 saturated heterocycles. The molecule has 0 aliphatic heterocycles. The lowest BCUT2D eigenvalue weighted by atomic mass is 10.1. The fourth-order valence-electron chi connectivity index (χ4n) is 0.912. The minimum atomic E-state index is -0.620. The second-order valence-corrected chi connectivity index (χ2v) is 3.53. The second kappa shape index (κ2) is 2.91. The summed E-state index contributed by atoms with van der Waals surface area (Å²) < 4.78 is 9.63. The van der Waals surface area contributed by atoms with E-state index in [2.05, 4.69) is 19.8 Å². The summed E-state index contributed by atoms with van der Waals surface area (Å²) in [4.78, 5) is 4.10. The van der Waals surface area contributed by atoms with Crippen LogP contribution in [0.3, 0.4) is 0 Å². The summed E-state index contributed by atoms with van der Waals surface area (Å²) in [6.45, 7) is 3.59. The van der Waals surface area contributed by atoms with Crippen molar-refractivity contribution in [1.29, 1.82) is 0 Å².